The Kier molecular flexibility index (Phi) is 4.23. The van der Waals surface area contributed by atoms with Gasteiger partial charge in [-0.05, 0) is 61.8 Å². The molecule has 26 heavy (non-hydrogen) atoms. The van der Waals surface area contributed by atoms with Gasteiger partial charge >= 0.3 is 6.03 Å². The number of fused-ring (bicyclic) bond motifs is 1. The number of carbonyl (C=O) groups is 1. The number of aryl methyl sites for hydroxylation is 2. The molecule has 0 spiro atoms. The number of likely N-dealkylation sites (tertiary alicyclic amines) is 1. The molecule has 0 radical (unpaired) electrons. The van der Waals surface area contributed by atoms with Crippen molar-refractivity contribution in [1.82, 2.24) is 4.90 Å². The molecule has 136 valence electrons. The summed E-state index contributed by atoms with van der Waals surface area (Å²) < 4.78 is 0. The molecule has 2 aromatic rings. The Hall–Kier alpha value is -2.33. The minimum Gasteiger partial charge on any atom is -0.385 e. The van der Waals surface area contributed by atoms with E-state index in [1.165, 1.54) is 5.56 Å². The third-order valence-electron chi connectivity index (χ3n) is 6.01. The van der Waals surface area contributed by atoms with Crippen LogP contribution in [0.4, 0.5) is 10.5 Å². The second kappa shape index (κ2) is 6.44. The van der Waals surface area contributed by atoms with Crippen molar-refractivity contribution in [2.75, 3.05) is 18.4 Å². The van der Waals surface area contributed by atoms with E-state index in [0.29, 0.717) is 11.8 Å². The molecule has 2 amide bonds. The lowest BCUT2D eigenvalue weighted by atomic mass is 9.87. The van der Waals surface area contributed by atoms with Crippen LogP contribution in [-0.4, -0.2) is 29.1 Å². The predicted octanol–water partition coefficient (Wildman–Crippen LogP) is 4.06. The quantitative estimate of drug-likeness (QED) is 0.858. The van der Waals surface area contributed by atoms with E-state index in [0.717, 1.165) is 42.7 Å². The van der Waals surface area contributed by atoms with Gasteiger partial charge in [-0.25, -0.2) is 4.79 Å². The van der Waals surface area contributed by atoms with Gasteiger partial charge in [0.1, 0.15) is 0 Å². The summed E-state index contributed by atoms with van der Waals surface area (Å²) in [7, 11) is 0. The summed E-state index contributed by atoms with van der Waals surface area (Å²) in [6, 6.07) is 15.9. The molecule has 1 aliphatic carbocycles. The summed E-state index contributed by atoms with van der Waals surface area (Å²) in [6.45, 7) is 5.53. The van der Waals surface area contributed by atoms with Gasteiger partial charge in [0.25, 0.3) is 0 Å². The van der Waals surface area contributed by atoms with E-state index < -0.39 is 5.60 Å². The predicted molar refractivity (Wildman–Crippen MR) is 103 cm³/mol. The van der Waals surface area contributed by atoms with Gasteiger partial charge in [0.05, 0.1) is 5.60 Å². The number of hydrogen-bond acceptors (Lipinski definition) is 2. The molecule has 2 aliphatic rings. The zero-order valence-corrected chi connectivity index (χ0v) is 15.4. The first-order valence-electron chi connectivity index (χ1n) is 9.36. The zero-order valence-electron chi connectivity index (χ0n) is 15.4. The van der Waals surface area contributed by atoms with Crippen LogP contribution in [0.2, 0.25) is 0 Å². The van der Waals surface area contributed by atoms with Crippen molar-refractivity contribution in [3.8, 4) is 0 Å². The van der Waals surface area contributed by atoms with Crippen molar-refractivity contribution in [2.45, 2.75) is 32.3 Å². The largest absolute Gasteiger partial charge is 0.385 e. The third-order valence-corrected chi connectivity index (χ3v) is 6.01. The SMILES string of the molecule is Cc1ccc(NC(=O)N2CC3CC(O)(c4ccccc4C)CC3C2)cc1. The highest BCUT2D eigenvalue weighted by atomic mass is 16.3. The Balaban J connectivity index is 1.41. The maximum Gasteiger partial charge on any atom is 0.321 e. The van der Waals surface area contributed by atoms with Crippen LogP contribution >= 0.6 is 0 Å². The van der Waals surface area contributed by atoms with Gasteiger partial charge in [-0.1, -0.05) is 42.0 Å². The highest BCUT2D eigenvalue weighted by Gasteiger charge is 2.50. The van der Waals surface area contributed by atoms with Gasteiger partial charge in [0.2, 0.25) is 0 Å². The van der Waals surface area contributed by atoms with Crippen LogP contribution in [0, 0.1) is 25.7 Å². The second-order valence-electron chi connectivity index (χ2n) is 7.98. The molecule has 1 aliphatic heterocycles. The Bertz CT molecular complexity index is 801. The minimum absolute atomic E-state index is 0.0392. The minimum atomic E-state index is -0.750. The van der Waals surface area contributed by atoms with Crippen molar-refractivity contribution in [1.29, 1.82) is 0 Å². The fourth-order valence-corrected chi connectivity index (χ4v) is 4.67. The second-order valence-corrected chi connectivity index (χ2v) is 7.98. The highest BCUT2D eigenvalue weighted by Crippen LogP contribution is 2.49. The van der Waals surface area contributed by atoms with Gasteiger partial charge in [-0.3, -0.25) is 0 Å². The highest BCUT2D eigenvalue weighted by molar-refractivity contribution is 5.89. The van der Waals surface area contributed by atoms with E-state index in [4.69, 9.17) is 0 Å². The average molecular weight is 350 g/mol. The number of hydrogen-bond donors (Lipinski definition) is 2. The van der Waals surface area contributed by atoms with Gasteiger partial charge in [0, 0.05) is 18.8 Å². The molecule has 1 saturated heterocycles. The van der Waals surface area contributed by atoms with Gasteiger partial charge < -0.3 is 15.3 Å². The van der Waals surface area contributed by atoms with E-state index in [1.807, 2.05) is 54.3 Å². The summed E-state index contributed by atoms with van der Waals surface area (Å²) in [6.07, 6.45) is 1.47. The summed E-state index contributed by atoms with van der Waals surface area (Å²) in [4.78, 5) is 14.5. The standard InChI is InChI=1S/C22H26N2O2/c1-15-7-9-19(10-8-15)23-21(25)24-13-17-11-22(26,12-18(17)14-24)20-6-4-3-5-16(20)2/h3-10,17-18,26H,11-14H2,1-2H3,(H,23,25). The molecule has 2 fully saturated rings. The Labute approximate surface area is 154 Å². The topological polar surface area (TPSA) is 52.6 Å². The van der Waals surface area contributed by atoms with Crippen LogP contribution < -0.4 is 5.32 Å². The van der Waals surface area contributed by atoms with Crippen molar-refractivity contribution >= 4 is 11.7 Å². The Morgan fingerprint density at radius 3 is 2.27 bits per heavy atom. The Morgan fingerprint density at radius 1 is 1.04 bits per heavy atom. The first-order chi connectivity index (χ1) is 12.4. The van der Waals surface area contributed by atoms with E-state index in [9.17, 15) is 9.90 Å². The molecule has 4 heteroatoms. The van der Waals surface area contributed by atoms with E-state index in [2.05, 4.69) is 18.3 Å². The molecule has 4 nitrogen and oxygen atoms in total. The van der Waals surface area contributed by atoms with E-state index >= 15 is 0 Å². The molecular formula is C22H26N2O2. The van der Waals surface area contributed by atoms with Crippen LogP contribution in [0.3, 0.4) is 0 Å². The fourth-order valence-electron chi connectivity index (χ4n) is 4.67. The van der Waals surface area contributed by atoms with Crippen molar-refractivity contribution < 1.29 is 9.90 Å². The number of benzene rings is 2. The fraction of sp³-hybridized carbons (Fsp3) is 0.409. The maximum atomic E-state index is 12.6. The first-order valence-corrected chi connectivity index (χ1v) is 9.36. The zero-order chi connectivity index (χ0) is 18.3. The molecule has 0 bridgehead atoms. The molecule has 2 atom stereocenters. The van der Waals surface area contributed by atoms with E-state index in [-0.39, 0.29) is 6.03 Å². The van der Waals surface area contributed by atoms with Crippen LogP contribution in [0.5, 0.6) is 0 Å². The van der Waals surface area contributed by atoms with Crippen molar-refractivity contribution in [2.24, 2.45) is 11.8 Å². The van der Waals surface area contributed by atoms with Crippen molar-refractivity contribution in [3.63, 3.8) is 0 Å². The summed E-state index contributed by atoms with van der Waals surface area (Å²) in [5.74, 6) is 0.728. The summed E-state index contributed by atoms with van der Waals surface area (Å²) in [5, 5.41) is 14.2. The van der Waals surface area contributed by atoms with E-state index in [1.54, 1.807) is 0 Å². The third kappa shape index (κ3) is 3.10. The Morgan fingerprint density at radius 2 is 1.65 bits per heavy atom. The normalized spacial score (nSPS) is 27.4. The molecular weight excluding hydrogens is 324 g/mol. The van der Waals surface area contributed by atoms with Gasteiger partial charge in [-0.2, -0.15) is 0 Å². The number of nitrogens with one attached hydrogen (secondary N) is 1. The molecule has 0 aromatic heterocycles. The number of nitrogens with zero attached hydrogens (tertiary/aromatic N) is 1. The van der Waals surface area contributed by atoms with Gasteiger partial charge in [0.15, 0.2) is 0 Å². The van der Waals surface area contributed by atoms with Crippen LogP contribution in [0.1, 0.15) is 29.5 Å². The maximum absolute atomic E-state index is 12.6. The number of carbonyl (C=O) groups excluding carboxylic acids is 1. The van der Waals surface area contributed by atoms with Crippen LogP contribution in [-0.2, 0) is 5.60 Å². The lowest BCUT2D eigenvalue weighted by Crippen LogP contribution is -2.35. The number of aliphatic hydroxyl groups is 1. The van der Waals surface area contributed by atoms with Gasteiger partial charge in [-0.15, -0.1) is 0 Å². The first kappa shape index (κ1) is 17.1. The average Bonchev–Trinajstić information content (AvgIpc) is 3.13. The molecule has 1 saturated carbocycles. The number of rotatable bonds is 2. The number of amides is 2. The molecule has 4 rings (SSSR count). The lowest BCUT2D eigenvalue weighted by Gasteiger charge is -2.28. The molecule has 2 unspecified atom stereocenters. The molecule has 2 aromatic carbocycles. The lowest BCUT2D eigenvalue weighted by molar-refractivity contribution is 0.0322. The molecule has 2 N–H and O–H groups in total. The smallest absolute Gasteiger partial charge is 0.321 e. The number of urea groups is 1. The summed E-state index contributed by atoms with van der Waals surface area (Å²) in [5.41, 5.74) is 3.44. The van der Waals surface area contributed by atoms with Crippen LogP contribution in [0.15, 0.2) is 48.5 Å². The monoisotopic (exact) mass is 350 g/mol. The summed E-state index contributed by atoms with van der Waals surface area (Å²) >= 11 is 0. The van der Waals surface area contributed by atoms with Crippen molar-refractivity contribution in [3.05, 3.63) is 65.2 Å². The number of anilines is 1. The van der Waals surface area contributed by atoms with Crippen LogP contribution in [0.25, 0.3) is 0 Å². The molecule has 1 heterocycles.